The molecule has 34 heavy (non-hydrogen) atoms. The number of carbonyl (C=O) groups excluding carboxylic acids is 3. The first-order valence-electron chi connectivity index (χ1n) is 11.1. The normalized spacial score (nSPS) is 11.7. The molecular formula is C24H37N3O7. The summed E-state index contributed by atoms with van der Waals surface area (Å²) in [6.07, 6.45) is 3.90. The van der Waals surface area contributed by atoms with Crippen LogP contribution in [0.3, 0.4) is 0 Å². The number of primary amides is 1. The molecular weight excluding hydrogens is 442 g/mol. The van der Waals surface area contributed by atoms with Gasteiger partial charge in [-0.3, -0.25) is 9.59 Å². The molecule has 0 spiro atoms. The van der Waals surface area contributed by atoms with Gasteiger partial charge in [0, 0.05) is 5.56 Å². The van der Waals surface area contributed by atoms with E-state index >= 15 is 0 Å². The first-order chi connectivity index (χ1) is 15.9. The number of urea groups is 1. The minimum atomic E-state index is -0.788. The van der Waals surface area contributed by atoms with Crippen LogP contribution in [0.15, 0.2) is 23.3 Å². The molecule has 0 aliphatic heterocycles. The minimum Gasteiger partial charge on any atom is -0.494 e. The van der Waals surface area contributed by atoms with E-state index in [0.717, 1.165) is 0 Å². The van der Waals surface area contributed by atoms with Crippen molar-refractivity contribution < 1.29 is 33.3 Å². The SMILES string of the molecule is COC(=O)C(C)(C)CCCOc1ccc(OCCCC(C)(C)C(=O)OC)c(/C=N/NC(N)=O)c1. The van der Waals surface area contributed by atoms with Gasteiger partial charge in [0.15, 0.2) is 0 Å². The van der Waals surface area contributed by atoms with Crippen molar-refractivity contribution in [1.29, 1.82) is 0 Å². The second-order valence-corrected chi connectivity index (χ2v) is 9.09. The van der Waals surface area contributed by atoms with Gasteiger partial charge in [-0.05, 0) is 71.6 Å². The Balaban J connectivity index is 2.76. The largest absolute Gasteiger partial charge is 0.494 e. The summed E-state index contributed by atoms with van der Waals surface area (Å²) in [5, 5.41) is 3.80. The Morgan fingerprint density at radius 1 is 0.941 bits per heavy atom. The van der Waals surface area contributed by atoms with Gasteiger partial charge >= 0.3 is 18.0 Å². The van der Waals surface area contributed by atoms with Crippen molar-refractivity contribution in [2.24, 2.45) is 21.7 Å². The van der Waals surface area contributed by atoms with Crippen molar-refractivity contribution in [3.63, 3.8) is 0 Å². The summed E-state index contributed by atoms with van der Waals surface area (Å²) in [6, 6.07) is 4.44. The lowest BCUT2D eigenvalue weighted by molar-refractivity contribution is -0.152. The number of hydrogen-bond donors (Lipinski definition) is 2. The summed E-state index contributed by atoms with van der Waals surface area (Å²) in [7, 11) is 2.75. The molecule has 0 saturated carbocycles. The van der Waals surface area contributed by atoms with E-state index in [1.807, 2.05) is 27.7 Å². The smallest absolute Gasteiger partial charge is 0.332 e. The van der Waals surface area contributed by atoms with E-state index in [1.165, 1.54) is 20.4 Å². The highest BCUT2D eigenvalue weighted by molar-refractivity contribution is 5.85. The van der Waals surface area contributed by atoms with Gasteiger partial charge < -0.3 is 24.7 Å². The summed E-state index contributed by atoms with van der Waals surface area (Å²) >= 11 is 0. The van der Waals surface area contributed by atoms with Crippen LogP contribution in [0, 0.1) is 10.8 Å². The van der Waals surface area contributed by atoms with Crippen LogP contribution >= 0.6 is 0 Å². The van der Waals surface area contributed by atoms with E-state index in [1.54, 1.807) is 18.2 Å². The number of nitrogens with one attached hydrogen (secondary N) is 1. The summed E-state index contributed by atoms with van der Waals surface area (Å²) in [5.41, 5.74) is 6.59. The standard InChI is InChI=1S/C24H37N3O7/c1-23(2,20(28)31-5)11-7-13-33-18-9-10-19(17(15-18)16-26-27-22(25)30)34-14-8-12-24(3,4)21(29)32-6/h9-10,15-16H,7-8,11-14H2,1-6H3,(H3,25,27,30)/b26-16+. The second kappa shape index (κ2) is 13.4. The molecule has 0 saturated heterocycles. The van der Waals surface area contributed by atoms with Crippen LogP contribution in [0.5, 0.6) is 11.5 Å². The average molecular weight is 480 g/mol. The molecule has 1 rings (SSSR count). The maximum absolute atomic E-state index is 11.8. The van der Waals surface area contributed by atoms with Gasteiger partial charge in [0.2, 0.25) is 0 Å². The zero-order valence-electron chi connectivity index (χ0n) is 20.9. The average Bonchev–Trinajstić information content (AvgIpc) is 2.79. The summed E-state index contributed by atoms with van der Waals surface area (Å²) < 4.78 is 21.3. The molecule has 3 N–H and O–H groups in total. The van der Waals surface area contributed by atoms with Gasteiger partial charge in [-0.15, -0.1) is 0 Å². The minimum absolute atomic E-state index is 0.260. The summed E-state index contributed by atoms with van der Waals surface area (Å²) in [4.78, 5) is 34.5. The quantitative estimate of drug-likeness (QED) is 0.180. The first-order valence-corrected chi connectivity index (χ1v) is 11.1. The third-order valence-corrected chi connectivity index (χ3v) is 5.25. The van der Waals surface area contributed by atoms with Gasteiger partial charge in [-0.2, -0.15) is 5.10 Å². The fourth-order valence-corrected chi connectivity index (χ4v) is 3.17. The van der Waals surface area contributed by atoms with Crippen LogP contribution in [0.25, 0.3) is 0 Å². The zero-order valence-corrected chi connectivity index (χ0v) is 20.9. The van der Waals surface area contributed by atoms with Gasteiger partial charge in [0.25, 0.3) is 0 Å². The molecule has 0 fully saturated rings. The van der Waals surface area contributed by atoms with Crippen molar-refractivity contribution >= 4 is 24.2 Å². The number of carbonyl (C=O) groups is 3. The number of benzene rings is 1. The molecule has 2 amide bonds. The number of nitrogens with zero attached hydrogens (tertiary/aromatic N) is 1. The van der Waals surface area contributed by atoms with Crippen molar-refractivity contribution in [3.8, 4) is 11.5 Å². The monoisotopic (exact) mass is 479 g/mol. The molecule has 1 aromatic carbocycles. The molecule has 10 nitrogen and oxygen atoms in total. The van der Waals surface area contributed by atoms with Gasteiger partial charge in [-0.1, -0.05) is 0 Å². The maximum atomic E-state index is 11.8. The maximum Gasteiger partial charge on any atom is 0.332 e. The fraction of sp³-hybridized carbons (Fsp3) is 0.583. The zero-order chi connectivity index (χ0) is 25.8. The number of hydrogen-bond acceptors (Lipinski definition) is 8. The number of ether oxygens (including phenoxy) is 4. The third-order valence-electron chi connectivity index (χ3n) is 5.25. The van der Waals surface area contributed by atoms with Crippen molar-refractivity contribution in [3.05, 3.63) is 23.8 Å². The number of rotatable bonds is 14. The predicted molar refractivity (Wildman–Crippen MR) is 128 cm³/mol. The molecule has 0 unspecified atom stereocenters. The van der Waals surface area contributed by atoms with Crippen molar-refractivity contribution in [2.45, 2.75) is 53.4 Å². The fourth-order valence-electron chi connectivity index (χ4n) is 3.17. The highest BCUT2D eigenvalue weighted by atomic mass is 16.5. The van der Waals surface area contributed by atoms with Crippen LogP contribution < -0.4 is 20.6 Å². The molecule has 0 aliphatic carbocycles. The van der Waals surface area contributed by atoms with E-state index in [9.17, 15) is 14.4 Å². The Morgan fingerprint density at radius 3 is 1.97 bits per heavy atom. The first kappa shape index (κ1) is 28.7. The number of hydrazone groups is 1. The van der Waals surface area contributed by atoms with E-state index in [0.29, 0.717) is 56.0 Å². The molecule has 1 aromatic rings. The van der Waals surface area contributed by atoms with Crippen LogP contribution in [-0.4, -0.2) is 51.6 Å². The molecule has 0 aromatic heterocycles. The Kier molecular flexibility index (Phi) is 11.3. The van der Waals surface area contributed by atoms with Crippen LogP contribution in [-0.2, 0) is 19.1 Å². The molecule has 0 atom stereocenters. The molecule has 0 aliphatic rings. The third kappa shape index (κ3) is 9.68. The van der Waals surface area contributed by atoms with E-state index in [-0.39, 0.29) is 11.9 Å². The highest BCUT2D eigenvalue weighted by Gasteiger charge is 2.28. The predicted octanol–water partition coefficient (Wildman–Crippen LogP) is 3.41. The molecule has 10 heteroatoms. The number of amides is 2. The van der Waals surface area contributed by atoms with E-state index in [4.69, 9.17) is 24.7 Å². The summed E-state index contributed by atoms with van der Waals surface area (Å²) in [5.74, 6) is 0.583. The van der Waals surface area contributed by atoms with Gasteiger partial charge in [0.05, 0.1) is 44.5 Å². The lowest BCUT2D eigenvalue weighted by atomic mass is 9.88. The van der Waals surface area contributed by atoms with E-state index < -0.39 is 16.9 Å². The second-order valence-electron chi connectivity index (χ2n) is 9.09. The molecule has 0 radical (unpaired) electrons. The lowest BCUT2D eigenvalue weighted by Gasteiger charge is -2.21. The van der Waals surface area contributed by atoms with Gasteiger partial charge in [-0.25, -0.2) is 10.2 Å². The Bertz CT molecular complexity index is 866. The summed E-state index contributed by atoms with van der Waals surface area (Å²) in [6.45, 7) is 8.08. The van der Waals surface area contributed by atoms with Crippen molar-refractivity contribution in [2.75, 3.05) is 27.4 Å². The van der Waals surface area contributed by atoms with Crippen LogP contribution in [0.1, 0.15) is 58.9 Å². The highest BCUT2D eigenvalue weighted by Crippen LogP contribution is 2.27. The van der Waals surface area contributed by atoms with Crippen LogP contribution in [0.4, 0.5) is 4.79 Å². The number of esters is 2. The Morgan fingerprint density at radius 2 is 1.47 bits per heavy atom. The number of methoxy groups -OCH3 is 2. The topological polar surface area (TPSA) is 139 Å². The van der Waals surface area contributed by atoms with Gasteiger partial charge in [0.1, 0.15) is 11.5 Å². The molecule has 0 heterocycles. The van der Waals surface area contributed by atoms with Crippen molar-refractivity contribution in [1.82, 2.24) is 5.43 Å². The van der Waals surface area contributed by atoms with E-state index in [2.05, 4.69) is 10.5 Å². The lowest BCUT2D eigenvalue weighted by Crippen LogP contribution is -2.26. The molecule has 0 bridgehead atoms. The number of nitrogens with two attached hydrogens (primary N) is 1. The Labute approximate surface area is 201 Å². The Hall–Kier alpha value is -3.30. The molecule has 190 valence electrons. The van der Waals surface area contributed by atoms with Crippen LogP contribution in [0.2, 0.25) is 0 Å².